The summed E-state index contributed by atoms with van der Waals surface area (Å²) >= 11 is 0. The van der Waals surface area contributed by atoms with Gasteiger partial charge in [0.15, 0.2) is 0 Å². The maximum Gasteiger partial charge on any atom is -0.00489 e. The van der Waals surface area contributed by atoms with Gasteiger partial charge >= 0.3 is 0 Å². The van der Waals surface area contributed by atoms with E-state index in [1.54, 1.807) is 0 Å². The second-order valence-corrected chi connectivity index (χ2v) is 5.33. The predicted molar refractivity (Wildman–Crippen MR) is 81.2 cm³/mol. The SMILES string of the molecule is CCCNCCCCCCc1ccc(C)c(C)c1. The molecule has 0 atom stereocenters. The van der Waals surface area contributed by atoms with Crippen LogP contribution in [0.5, 0.6) is 0 Å². The summed E-state index contributed by atoms with van der Waals surface area (Å²) < 4.78 is 0. The van der Waals surface area contributed by atoms with Crippen molar-refractivity contribution in [3.63, 3.8) is 0 Å². The summed E-state index contributed by atoms with van der Waals surface area (Å²) in [5.74, 6) is 0. The van der Waals surface area contributed by atoms with Gasteiger partial charge in [-0.05, 0) is 69.3 Å². The Bertz CT molecular complexity index is 330. The van der Waals surface area contributed by atoms with Crippen molar-refractivity contribution in [1.29, 1.82) is 0 Å². The number of benzene rings is 1. The zero-order chi connectivity index (χ0) is 13.2. The van der Waals surface area contributed by atoms with Crippen LogP contribution >= 0.6 is 0 Å². The van der Waals surface area contributed by atoms with E-state index in [9.17, 15) is 0 Å². The molecule has 0 saturated carbocycles. The smallest absolute Gasteiger partial charge is 0.00489 e. The van der Waals surface area contributed by atoms with Gasteiger partial charge in [-0.1, -0.05) is 38.0 Å². The van der Waals surface area contributed by atoms with E-state index in [-0.39, 0.29) is 0 Å². The van der Waals surface area contributed by atoms with E-state index in [2.05, 4.69) is 44.3 Å². The molecule has 1 nitrogen and oxygen atoms in total. The molecule has 0 radical (unpaired) electrons. The van der Waals surface area contributed by atoms with Crippen LogP contribution in [0.2, 0.25) is 0 Å². The van der Waals surface area contributed by atoms with Crippen molar-refractivity contribution in [2.45, 2.75) is 59.3 Å². The number of aryl methyl sites for hydroxylation is 3. The van der Waals surface area contributed by atoms with E-state index >= 15 is 0 Å². The summed E-state index contributed by atoms with van der Waals surface area (Å²) in [6, 6.07) is 6.88. The fraction of sp³-hybridized carbons (Fsp3) is 0.647. The molecule has 0 aliphatic rings. The van der Waals surface area contributed by atoms with E-state index < -0.39 is 0 Å². The van der Waals surface area contributed by atoms with Crippen LogP contribution in [0.25, 0.3) is 0 Å². The number of rotatable bonds is 9. The quantitative estimate of drug-likeness (QED) is 0.638. The largest absolute Gasteiger partial charge is 0.317 e. The van der Waals surface area contributed by atoms with E-state index in [1.165, 1.54) is 68.3 Å². The third-order valence-corrected chi connectivity index (χ3v) is 3.57. The molecule has 0 heterocycles. The molecule has 1 aromatic carbocycles. The Kier molecular flexibility index (Phi) is 7.75. The highest BCUT2D eigenvalue weighted by molar-refractivity contribution is 5.29. The molecule has 0 amide bonds. The summed E-state index contributed by atoms with van der Waals surface area (Å²) in [4.78, 5) is 0. The average Bonchev–Trinajstić information content (AvgIpc) is 2.37. The highest BCUT2D eigenvalue weighted by atomic mass is 14.8. The summed E-state index contributed by atoms with van der Waals surface area (Å²) in [5.41, 5.74) is 4.33. The van der Waals surface area contributed by atoms with E-state index in [0.29, 0.717) is 0 Å². The standard InChI is InChI=1S/C17H29N/c1-4-12-18-13-8-6-5-7-9-17-11-10-15(2)16(3)14-17/h10-11,14,18H,4-9,12-13H2,1-3H3. The lowest BCUT2D eigenvalue weighted by atomic mass is 10.0. The lowest BCUT2D eigenvalue weighted by Gasteiger charge is -2.06. The first-order valence-electron chi connectivity index (χ1n) is 7.51. The van der Waals surface area contributed by atoms with Crippen LogP contribution in [0.4, 0.5) is 0 Å². The minimum Gasteiger partial charge on any atom is -0.317 e. The third-order valence-electron chi connectivity index (χ3n) is 3.57. The van der Waals surface area contributed by atoms with Crippen LogP contribution in [0.3, 0.4) is 0 Å². The van der Waals surface area contributed by atoms with Crippen molar-refractivity contribution in [2.75, 3.05) is 13.1 Å². The van der Waals surface area contributed by atoms with E-state index in [4.69, 9.17) is 0 Å². The maximum atomic E-state index is 3.46. The normalized spacial score (nSPS) is 10.8. The molecule has 0 aliphatic heterocycles. The minimum absolute atomic E-state index is 1.17. The van der Waals surface area contributed by atoms with Crippen molar-refractivity contribution in [3.05, 3.63) is 34.9 Å². The highest BCUT2D eigenvalue weighted by Gasteiger charge is 1.97. The summed E-state index contributed by atoms with van der Waals surface area (Å²) in [7, 11) is 0. The molecule has 0 spiro atoms. The van der Waals surface area contributed by atoms with E-state index in [1.807, 2.05) is 0 Å². The molecule has 1 heteroatoms. The maximum absolute atomic E-state index is 3.46. The molecule has 18 heavy (non-hydrogen) atoms. The Hall–Kier alpha value is -0.820. The van der Waals surface area contributed by atoms with Gasteiger partial charge < -0.3 is 5.32 Å². The van der Waals surface area contributed by atoms with Gasteiger partial charge in [-0.3, -0.25) is 0 Å². The Balaban J connectivity index is 2.05. The van der Waals surface area contributed by atoms with Gasteiger partial charge in [0.2, 0.25) is 0 Å². The Morgan fingerprint density at radius 3 is 2.39 bits per heavy atom. The molecule has 0 bridgehead atoms. The lowest BCUT2D eigenvalue weighted by molar-refractivity contribution is 0.584. The van der Waals surface area contributed by atoms with Crippen LogP contribution in [-0.2, 0) is 6.42 Å². The summed E-state index contributed by atoms with van der Waals surface area (Å²) in [5, 5.41) is 3.46. The zero-order valence-corrected chi connectivity index (χ0v) is 12.4. The van der Waals surface area contributed by atoms with Gasteiger partial charge in [-0.15, -0.1) is 0 Å². The Morgan fingerprint density at radius 1 is 0.889 bits per heavy atom. The molecule has 102 valence electrons. The van der Waals surface area contributed by atoms with Crippen LogP contribution in [0.15, 0.2) is 18.2 Å². The van der Waals surface area contributed by atoms with Crippen molar-refractivity contribution in [2.24, 2.45) is 0 Å². The number of hydrogen-bond acceptors (Lipinski definition) is 1. The Morgan fingerprint density at radius 2 is 1.67 bits per heavy atom. The molecule has 0 unspecified atom stereocenters. The molecular formula is C17H29N. The first kappa shape index (κ1) is 15.2. The molecule has 0 aromatic heterocycles. The fourth-order valence-corrected chi connectivity index (χ4v) is 2.19. The topological polar surface area (TPSA) is 12.0 Å². The molecule has 1 N–H and O–H groups in total. The Labute approximate surface area is 113 Å². The molecule has 1 aromatic rings. The van der Waals surface area contributed by atoms with Crippen molar-refractivity contribution in [3.8, 4) is 0 Å². The predicted octanol–water partition coefficient (Wildman–Crippen LogP) is 4.41. The summed E-state index contributed by atoms with van der Waals surface area (Å²) in [6.45, 7) is 8.97. The molecule has 0 aliphatic carbocycles. The van der Waals surface area contributed by atoms with Gasteiger partial charge in [0.25, 0.3) is 0 Å². The fourth-order valence-electron chi connectivity index (χ4n) is 2.19. The molecule has 0 saturated heterocycles. The van der Waals surface area contributed by atoms with Gasteiger partial charge in [0, 0.05) is 0 Å². The van der Waals surface area contributed by atoms with E-state index in [0.717, 1.165) is 0 Å². The van der Waals surface area contributed by atoms with Crippen molar-refractivity contribution < 1.29 is 0 Å². The minimum atomic E-state index is 1.17. The molecule has 0 fully saturated rings. The van der Waals surface area contributed by atoms with Crippen LogP contribution in [-0.4, -0.2) is 13.1 Å². The average molecular weight is 247 g/mol. The van der Waals surface area contributed by atoms with Gasteiger partial charge in [-0.2, -0.15) is 0 Å². The number of nitrogens with one attached hydrogen (secondary N) is 1. The highest BCUT2D eigenvalue weighted by Crippen LogP contribution is 2.13. The number of unbranched alkanes of at least 4 members (excludes halogenated alkanes) is 3. The van der Waals surface area contributed by atoms with Gasteiger partial charge in [0.05, 0.1) is 0 Å². The summed E-state index contributed by atoms with van der Waals surface area (Å²) in [6.07, 6.45) is 7.86. The van der Waals surface area contributed by atoms with Gasteiger partial charge in [0.1, 0.15) is 0 Å². The van der Waals surface area contributed by atoms with Crippen LogP contribution < -0.4 is 5.32 Å². The van der Waals surface area contributed by atoms with Crippen molar-refractivity contribution >= 4 is 0 Å². The van der Waals surface area contributed by atoms with Gasteiger partial charge in [-0.25, -0.2) is 0 Å². The molecular weight excluding hydrogens is 218 g/mol. The van der Waals surface area contributed by atoms with Crippen LogP contribution in [0, 0.1) is 13.8 Å². The second kappa shape index (κ2) is 9.16. The first-order valence-corrected chi connectivity index (χ1v) is 7.51. The zero-order valence-electron chi connectivity index (χ0n) is 12.4. The molecule has 1 rings (SSSR count). The number of hydrogen-bond donors (Lipinski definition) is 1. The first-order chi connectivity index (χ1) is 8.74. The van der Waals surface area contributed by atoms with Crippen molar-refractivity contribution in [1.82, 2.24) is 5.32 Å². The second-order valence-electron chi connectivity index (χ2n) is 5.33. The third kappa shape index (κ3) is 6.20. The lowest BCUT2D eigenvalue weighted by Crippen LogP contribution is -2.15. The monoisotopic (exact) mass is 247 g/mol. The van der Waals surface area contributed by atoms with Crippen LogP contribution in [0.1, 0.15) is 55.7 Å².